The zero-order valence-electron chi connectivity index (χ0n) is 12.0. The van der Waals surface area contributed by atoms with Crippen molar-refractivity contribution in [1.82, 2.24) is 19.5 Å². The quantitative estimate of drug-likeness (QED) is 0.631. The predicted molar refractivity (Wildman–Crippen MR) is 72.3 cm³/mol. The normalized spacial score (nSPS) is 21.5. The van der Waals surface area contributed by atoms with E-state index < -0.39 is 11.8 Å². The molecule has 0 bridgehead atoms. The van der Waals surface area contributed by atoms with Crippen molar-refractivity contribution >= 4 is 23.6 Å². The molecule has 8 nitrogen and oxygen atoms in total. The van der Waals surface area contributed by atoms with Gasteiger partial charge in [0.1, 0.15) is 0 Å². The molecule has 8 heteroatoms. The van der Waals surface area contributed by atoms with E-state index in [2.05, 4.69) is 0 Å². The van der Waals surface area contributed by atoms with Crippen LogP contribution in [0, 0.1) is 0 Å². The maximum absolute atomic E-state index is 12.4. The van der Waals surface area contributed by atoms with Crippen LogP contribution in [0.1, 0.15) is 20.7 Å². The Morgan fingerprint density at radius 3 is 1.68 bits per heavy atom. The van der Waals surface area contributed by atoms with Crippen LogP contribution in [0.25, 0.3) is 0 Å². The number of carbonyl (C=O) groups excluding carboxylic acids is 4. The number of hydrogen-bond acceptors (Lipinski definition) is 5. The summed E-state index contributed by atoms with van der Waals surface area (Å²) in [6, 6.07) is 0. The Morgan fingerprint density at radius 1 is 0.773 bits per heavy atom. The van der Waals surface area contributed by atoms with Gasteiger partial charge < -0.3 is 4.57 Å². The van der Waals surface area contributed by atoms with Crippen LogP contribution in [-0.2, 0) is 16.6 Å². The van der Waals surface area contributed by atoms with Gasteiger partial charge in [0.2, 0.25) is 0 Å². The molecule has 22 heavy (non-hydrogen) atoms. The van der Waals surface area contributed by atoms with Crippen LogP contribution in [0.4, 0.5) is 0 Å². The SMILES string of the molecule is CN1C(=O)C2=C(CN(N3C(=O)c4cn(C)cc4C3=O)C2)C1=O. The Labute approximate surface area is 125 Å². The van der Waals surface area contributed by atoms with Crippen LogP contribution in [0.2, 0.25) is 0 Å². The predicted octanol–water partition coefficient (Wildman–Crippen LogP) is -0.853. The minimum absolute atomic E-state index is 0.0954. The number of aromatic nitrogens is 1. The highest BCUT2D eigenvalue weighted by molar-refractivity contribution is 6.22. The highest BCUT2D eigenvalue weighted by Gasteiger charge is 2.47. The first kappa shape index (κ1) is 13.0. The second kappa shape index (κ2) is 3.92. The Balaban J connectivity index is 1.63. The van der Waals surface area contributed by atoms with Crippen LogP contribution < -0.4 is 0 Å². The average Bonchev–Trinajstić information content (AvgIpc) is 3.16. The van der Waals surface area contributed by atoms with E-state index in [1.165, 1.54) is 12.1 Å². The van der Waals surface area contributed by atoms with Crippen molar-refractivity contribution in [2.24, 2.45) is 7.05 Å². The fourth-order valence-electron chi connectivity index (χ4n) is 3.15. The van der Waals surface area contributed by atoms with Gasteiger partial charge in [-0.1, -0.05) is 0 Å². The molecule has 112 valence electrons. The molecule has 0 aliphatic carbocycles. The van der Waals surface area contributed by atoms with Crippen LogP contribution in [0.15, 0.2) is 23.5 Å². The molecule has 0 radical (unpaired) electrons. The number of imide groups is 2. The van der Waals surface area contributed by atoms with E-state index >= 15 is 0 Å². The molecular weight excluding hydrogens is 288 g/mol. The summed E-state index contributed by atoms with van der Waals surface area (Å²) in [4.78, 5) is 49.8. The summed E-state index contributed by atoms with van der Waals surface area (Å²) in [6.07, 6.45) is 3.19. The molecule has 1 aromatic rings. The second-order valence-electron chi connectivity index (χ2n) is 5.62. The Bertz CT molecular complexity index is 757. The van der Waals surface area contributed by atoms with Crippen LogP contribution in [-0.4, -0.2) is 63.3 Å². The highest BCUT2D eigenvalue weighted by atomic mass is 16.2. The third kappa shape index (κ3) is 1.39. The summed E-state index contributed by atoms with van der Waals surface area (Å²) in [6.45, 7) is 0.191. The van der Waals surface area contributed by atoms with E-state index in [0.717, 1.165) is 9.91 Å². The van der Waals surface area contributed by atoms with Gasteiger partial charge in [-0.05, 0) is 0 Å². The van der Waals surface area contributed by atoms with Gasteiger partial charge in [0, 0.05) is 37.6 Å². The van der Waals surface area contributed by atoms with Crippen molar-refractivity contribution in [1.29, 1.82) is 0 Å². The molecule has 0 atom stereocenters. The van der Waals surface area contributed by atoms with E-state index in [0.29, 0.717) is 22.3 Å². The van der Waals surface area contributed by atoms with Crippen LogP contribution in [0.3, 0.4) is 0 Å². The minimum Gasteiger partial charge on any atom is -0.356 e. The number of fused-ring (bicyclic) bond motifs is 1. The van der Waals surface area contributed by atoms with Crippen molar-refractivity contribution in [2.75, 3.05) is 20.1 Å². The second-order valence-corrected chi connectivity index (χ2v) is 5.62. The molecular formula is C14H12N4O4. The molecule has 0 fully saturated rings. The summed E-state index contributed by atoms with van der Waals surface area (Å²) in [7, 11) is 3.16. The third-order valence-corrected chi connectivity index (χ3v) is 4.26. The number of nitrogens with zero attached hydrogens (tertiary/aromatic N) is 4. The molecule has 0 unspecified atom stereocenters. The largest absolute Gasteiger partial charge is 0.356 e. The fourth-order valence-corrected chi connectivity index (χ4v) is 3.15. The van der Waals surface area contributed by atoms with Crippen LogP contribution in [0.5, 0.6) is 0 Å². The minimum atomic E-state index is -0.421. The zero-order chi connectivity index (χ0) is 15.8. The number of hydrogen-bond donors (Lipinski definition) is 0. The van der Waals surface area contributed by atoms with Gasteiger partial charge in [0.05, 0.1) is 24.2 Å². The topological polar surface area (TPSA) is 82.9 Å². The molecule has 0 saturated heterocycles. The lowest BCUT2D eigenvalue weighted by Gasteiger charge is -2.27. The summed E-state index contributed by atoms with van der Waals surface area (Å²) in [5.74, 6) is -1.56. The van der Waals surface area contributed by atoms with Crippen molar-refractivity contribution < 1.29 is 19.2 Å². The van der Waals surface area contributed by atoms with Crippen LogP contribution >= 0.6 is 0 Å². The molecule has 0 saturated carbocycles. The van der Waals surface area contributed by atoms with E-state index in [1.807, 2.05) is 0 Å². The van der Waals surface area contributed by atoms with E-state index in [4.69, 9.17) is 0 Å². The van der Waals surface area contributed by atoms with Gasteiger partial charge in [-0.2, -0.15) is 0 Å². The number of aryl methyl sites for hydroxylation is 1. The monoisotopic (exact) mass is 300 g/mol. The summed E-state index contributed by atoms with van der Waals surface area (Å²) in [5, 5.41) is 2.49. The summed E-state index contributed by atoms with van der Waals surface area (Å²) in [5.41, 5.74) is 1.42. The maximum Gasteiger partial charge on any atom is 0.277 e. The molecule has 4 heterocycles. The first-order valence-corrected chi connectivity index (χ1v) is 6.74. The van der Waals surface area contributed by atoms with Gasteiger partial charge in [-0.3, -0.25) is 24.1 Å². The molecule has 0 aromatic carbocycles. The standard InChI is InChI=1S/C14H12N4O4/c1-15-3-7-8(4-15)14(22)18(13(7)21)17-5-9-10(6-17)12(20)16(2)11(9)19/h3-4H,5-6H2,1-2H3. The van der Waals surface area contributed by atoms with E-state index in [-0.39, 0.29) is 24.9 Å². The summed E-state index contributed by atoms with van der Waals surface area (Å²) < 4.78 is 1.65. The number of hydrazine groups is 1. The molecule has 3 aliphatic rings. The lowest BCUT2D eigenvalue weighted by Crippen LogP contribution is -2.47. The smallest absolute Gasteiger partial charge is 0.277 e. The van der Waals surface area contributed by atoms with Crippen molar-refractivity contribution in [2.45, 2.75) is 0 Å². The fraction of sp³-hybridized carbons (Fsp3) is 0.286. The molecule has 0 spiro atoms. The van der Waals surface area contributed by atoms with E-state index in [1.54, 1.807) is 24.0 Å². The molecule has 0 N–H and O–H groups in total. The van der Waals surface area contributed by atoms with E-state index in [9.17, 15) is 19.2 Å². The van der Waals surface area contributed by atoms with Crippen molar-refractivity contribution in [3.63, 3.8) is 0 Å². The third-order valence-electron chi connectivity index (χ3n) is 4.26. The maximum atomic E-state index is 12.4. The van der Waals surface area contributed by atoms with Gasteiger partial charge >= 0.3 is 0 Å². The van der Waals surface area contributed by atoms with Gasteiger partial charge in [0.15, 0.2) is 0 Å². The number of carbonyl (C=O) groups is 4. The average molecular weight is 300 g/mol. The highest BCUT2D eigenvalue weighted by Crippen LogP contribution is 2.32. The molecule has 4 amide bonds. The number of amides is 4. The van der Waals surface area contributed by atoms with Gasteiger partial charge in [-0.25, -0.2) is 10.0 Å². The lowest BCUT2D eigenvalue weighted by atomic mass is 10.2. The molecule has 3 aliphatic heterocycles. The summed E-state index contributed by atoms with van der Waals surface area (Å²) >= 11 is 0. The lowest BCUT2D eigenvalue weighted by molar-refractivity contribution is -0.136. The van der Waals surface area contributed by atoms with Gasteiger partial charge in [-0.15, -0.1) is 0 Å². The zero-order valence-corrected chi connectivity index (χ0v) is 12.0. The number of likely N-dealkylation sites (N-methyl/N-ethyl adjacent to an activating group) is 1. The number of rotatable bonds is 1. The van der Waals surface area contributed by atoms with Gasteiger partial charge in [0.25, 0.3) is 23.6 Å². The Hall–Kier alpha value is -2.74. The first-order chi connectivity index (χ1) is 10.4. The first-order valence-electron chi connectivity index (χ1n) is 6.74. The van der Waals surface area contributed by atoms with Crippen molar-refractivity contribution in [3.05, 3.63) is 34.7 Å². The Kier molecular flexibility index (Phi) is 2.31. The Morgan fingerprint density at radius 2 is 1.23 bits per heavy atom. The molecule has 1 aromatic heterocycles. The van der Waals surface area contributed by atoms with Crippen molar-refractivity contribution in [3.8, 4) is 0 Å². The molecule has 4 rings (SSSR count).